The van der Waals surface area contributed by atoms with E-state index in [1.807, 2.05) is 6.07 Å². The van der Waals surface area contributed by atoms with Crippen LogP contribution < -0.4 is 20.3 Å². The first-order chi connectivity index (χ1) is 14.0. The predicted octanol–water partition coefficient (Wildman–Crippen LogP) is 3.32. The molecule has 1 saturated heterocycles. The molecule has 0 bridgehead atoms. The molecule has 3 rings (SSSR count). The molecular formula is C21H25F3N4O. The Bertz CT molecular complexity index is 838. The first kappa shape index (κ1) is 20.8. The second-order valence-corrected chi connectivity index (χ2v) is 6.81. The third-order valence-electron chi connectivity index (χ3n) is 4.79. The minimum atomic E-state index is -0.933. The van der Waals surface area contributed by atoms with Crippen LogP contribution in [0.2, 0.25) is 0 Å². The maximum atomic E-state index is 13.4. The average molecular weight is 406 g/mol. The highest BCUT2D eigenvalue weighted by Crippen LogP contribution is 2.20. The zero-order chi connectivity index (χ0) is 20.6. The quantitative estimate of drug-likeness (QED) is 0.439. The normalized spacial score (nSPS) is 15.3. The summed E-state index contributed by atoms with van der Waals surface area (Å²) in [5.41, 5.74) is 0.903. The molecule has 5 nitrogen and oxygen atoms in total. The third kappa shape index (κ3) is 6.04. The lowest BCUT2D eigenvalue weighted by molar-refractivity contribution is 0.318. The molecule has 1 aliphatic rings. The van der Waals surface area contributed by atoms with Gasteiger partial charge in [-0.3, -0.25) is 4.99 Å². The van der Waals surface area contributed by atoms with Gasteiger partial charge in [0.25, 0.3) is 0 Å². The van der Waals surface area contributed by atoms with Gasteiger partial charge in [-0.25, -0.2) is 13.2 Å². The van der Waals surface area contributed by atoms with E-state index in [9.17, 15) is 13.2 Å². The number of rotatable bonds is 6. The van der Waals surface area contributed by atoms with Crippen LogP contribution in [0, 0.1) is 17.5 Å². The molecule has 0 amide bonds. The summed E-state index contributed by atoms with van der Waals surface area (Å²) < 4.78 is 44.9. The second kappa shape index (κ2) is 10.0. The molecule has 0 saturated carbocycles. The number of hydrogen-bond acceptors (Lipinski definition) is 3. The summed E-state index contributed by atoms with van der Waals surface area (Å²) in [5.74, 6) is -1.12. The van der Waals surface area contributed by atoms with E-state index in [2.05, 4.69) is 20.5 Å². The van der Waals surface area contributed by atoms with Crippen molar-refractivity contribution in [3.8, 4) is 5.75 Å². The van der Waals surface area contributed by atoms with Crippen LogP contribution in [0.25, 0.3) is 0 Å². The van der Waals surface area contributed by atoms with E-state index in [1.54, 1.807) is 19.2 Å². The number of halogens is 3. The fourth-order valence-corrected chi connectivity index (χ4v) is 3.25. The first-order valence-electron chi connectivity index (χ1n) is 9.60. The molecule has 1 heterocycles. The Kier molecular flexibility index (Phi) is 7.21. The first-order valence-corrected chi connectivity index (χ1v) is 9.60. The molecule has 8 heteroatoms. The number of piperidine rings is 1. The number of benzene rings is 2. The lowest BCUT2D eigenvalue weighted by Gasteiger charge is -2.34. The monoisotopic (exact) mass is 406 g/mol. The van der Waals surface area contributed by atoms with Crippen molar-refractivity contribution in [2.24, 2.45) is 4.99 Å². The van der Waals surface area contributed by atoms with Crippen molar-refractivity contribution in [1.82, 2.24) is 10.6 Å². The number of anilines is 1. The van der Waals surface area contributed by atoms with Crippen molar-refractivity contribution in [2.45, 2.75) is 18.9 Å². The Morgan fingerprint density at radius 3 is 2.59 bits per heavy atom. The van der Waals surface area contributed by atoms with Crippen LogP contribution in [0.5, 0.6) is 5.75 Å². The zero-order valence-electron chi connectivity index (χ0n) is 16.3. The minimum absolute atomic E-state index is 0.224. The standard InChI is InChI=1S/C21H25F3N4O/c1-25-21(26-9-12-29-18-5-6-19(23)20(24)14-18)27-16-7-10-28(11-8-16)17-4-2-3-15(22)13-17/h2-6,13-14,16H,7-12H2,1H3,(H2,25,26,27). The Hall–Kier alpha value is -2.90. The molecule has 0 spiro atoms. The van der Waals surface area contributed by atoms with Crippen LogP contribution in [-0.2, 0) is 0 Å². The molecule has 0 radical (unpaired) electrons. The smallest absolute Gasteiger partial charge is 0.191 e. The van der Waals surface area contributed by atoms with Gasteiger partial charge in [0.1, 0.15) is 18.2 Å². The second-order valence-electron chi connectivity index (χ2n) is 6.81. The number of nitrogens with one attached hydrogen (secondary N) is 2. The maximum absolute atomic E-state index is 13.4. The molecule has 0 aliphatic carbocycles. The molecule has 156 valence electrons. The van der Waals surface area contributed by atoms with E-state index in [4.69, 9.17) is 4.74 Å². The van der Waals surface area contributed by atoms with Crippen LogP contribution in [-0.4, -0.2) is 45.3 Å². The van der Waals surface area contributed by atoms with E-state index in [1.165, 1.54) is 12.1 Å². The molecule has 0 unspecified atom stereocenters. The number of aliphatic imine (C=N–C) groups is 1. The number of hydrogen-bond donors (Lipinski definition) is 2. The lowest BCUT2D eigenvalue weighted by Crippen LogP contribution is -2.49. The molecule has 1 fully saturated rings. The Morgan fingerprint density at radius 2 is 1.90 bits per heavy atom. The summed E-state index contributed by atoms with van der Waals surface area (Å²) in [6.45, 7) is 2.40. The Balaban J connectivity index is 1.38. The number of nitrogens with zero attached hydrogens (tertiary/aromatic N) is 2. The third-order valence-corrected chi connectivity index (χ3v) is 4.79. The molecule has 0 aromatic heterocycles. The van der Waals surface area contributed by atoms with Gasteiger partial charge in [-0.05, 0) is 43.2 Å². The zero-order valence-corrected chi connectivity index (χ0v) is 16.3. The van der Waals surface area contributed by atoms with Crippen LogP contribution >= 0.6 is 0 Å². The van der Waals surface area contributed by atoms with Crippen LogP contribution in [0.1, 0.15) is 12.8 Å². The topological polar surface area (TPSA) is 48.9 Å². The van der Waals surface area contributed by atoms with Gasteiger partial charge in [0.15, 0.2) is 17.6 Å². The van der Waals surface area contributed by atoms with Crippen molar-refractivity contribution in [2.75, 3.05) is 38.2 Å². The van der Waals surface area contributed by atoms with Crippen molar-refractivity contribution in [1.29, 1.82) is 0 Å². The fourth-order valence-electron chi connectivity index (χ4n) is 3.25. The summed E-state index contributed by atoms with van der Waals surface area (Å²) in [4.78, 5) is 6.38. The molecule has 2 N–H and O–H groups in total. The van der Waals surface area contributed by atoms with Crippen molar-refractivity contribution < 1.29 is 17.9 Å². The summed E-state index contributed by atoms with van der Waals surface area (Å²) >= 11 is 0. The summed E-state index contributed by atoms with van der Waals surface area (Å²) in [6, 6.07) is 10.4. The highest BCUT2D eigenvalue weighted by Gasteiger charge is 2.20. The molecule has 2 aromatic rings. The largest absolute Gasteiger partial charge is 0.492 e. The van der Waals surface area contributed by atoms with Crippen molar-refractivity contribution in [3.63, 3.8) is 0 Å². The van der Waals surface area contributed by atoms with E-state index >= 15 is 0 Å². The van der Waals surface area contributed by atoms with Crippen LogP contribution in [0.15, 0.2) is 47.5 Å². The molecule has 1 aliphatic heterocycles. The number of guanidine groups is 1. The van der Waals surface area contributed by atoms with Gasteiger partial charge in [0, 0.05) is 37.9 Å². The Labute approximate surface area is 168 Å². The summed E-state index contributed by atoms with van der Waals surface area (Å²) in [7, 11) is 1.69. The molecule has 2 aromatic carbocycles. The van der Waals surface area contributed by atoms with E-state index in [0.29, 0.717) is 12.5 Å². The summed E-state index contributed by atoms with van der Waals surface area (Å²) in [5, 5.41) is 6.52. The molecule has 29 heavy (non-hydrogen) atoms. The van der Waals surface area contributed by atoms with Gasteiger partial charge >= 0.3 is 0 Å². The van der Waals surface area contributed by atoms with Gasteiger partial charge in [0.2, 0.25) is 0 Å². The minimum Gasteiger partial charge on any atom is -0.492 e. The van der Waals surface area contributed by atoms with E-state index < -0.39 is 11.6 Å². The Morgan fingerprint density at radius 1 is 1.10 bits per heavy atom. The van der Waals surface area contributed by atoms with Gasteiger partial charge < -0.3 is 20.3 Å². The van der Waals surface area contributed by atoms with Gasteiger partial charge in [-0.1, -0.05) is 6.07 Å². The van der Waals surface area contributed by atoms with Gasteiger partial charge in [0.05, 0.1) is 6.54 Å². The molecule has 0 atom stereocenters. The van der Waals surface area contributed by atoms with E-state index in [-0.39, 0.29) is 24.2 Å². The SMILES string of the molecule is CN=C(NCCOc1ccc(F)c(F)c1)NC1CCN(c2cccc(F)c2)CC1. The van der Waals surface area contributed by atoms with Crippen molar-refractivity contribution >= 4 is 11.6 Å². The number of ether oxygens (including phenoxy) is 1. The highest BCUT2D eigenvalue weighted by molar-refractivity contribution is 5.80. The van der Waals surface area contributed by atoms with Gasteiger partial charge in [-0.15, -0.1) is 0 Å². The van der Waals surface area contributed by atoms with Crippen LogP contribution in [0.3, 0.4) is 0 Å². The highest BCUT2D eigenvalue weighted by atomic mass is 19.2. The molecular weight excluding hydrogens is 381 g/mol. The fraction of sp³-hybridized carbons (Fsp3) is 0.381. The van der Waals surface area contributed by atoms with Gasteiger partial charge in [-0.2, -0.15) is 0 Å². The van der Waals surface area contributed by atoms with Crippen molar-refractivity contribution in [3.05, 3.63) is 59.9 Å². The van der Waals surface area contributed by atoms with E-state index in [0.717, 1.165) is 43.8 Å². The lowest BCUT2D eigenvalue weighted by atomic mass is 10.0. The maximum Gasteiger partial charge on any atom is 0.191 e. The summed E-state index contributed by atoms with van der Waals surface area (Å²) in [6.07, 6.45) is 1.81. The average Bonchev–Trinajstić information content (AvgIpc) is 2.73. The van der Waals surface area contributed by atoms with Crippen LogP contribution in [0.4, 0.5) is 18.9 Å². The predicted molar refractivity (Wildman–Crippen MR) is 108 cm³/mol.